The molecule has 3 aromatic rings. The summed E-state index contributed by atoms with van der Waals surface area (Å²) in [5.74, 6) is -0.330. The molecule has 1 aliphatic carbocycles. The lowest BCUT2D eigenvalue weighted by Crippen LogP contribution is -2.23. The van der Waals surface area contributed by atoms with Crippen molar-refractivity contribution in [2.75, 3.05) is 0 Å². The van der Waals surface area contributed by atoms with Gasteiger partial charge in [0, 0.05) is 17.8 Å². The molecule has 104 valence electrons. The van der Waals surface area contributed by atoms with Gasteiger partial charge in [-0.3, -0.25) is 9.78 Å². The zero-order chi connectivity index (χ0) is 14.4. The molecule has 21 heavy (non-hydrogen) atoms. The van der Waals surface area contributed by atoms with Gasteiger partial charge in [0.15, 0.2) is 0 Å². The minimum atomic E-state index is -0.330. The number of aromatic nitrogens is 3. The van der Waals surface area contributed by atoms with Crippen molar-refractivity contribution in [3.8, 4) is 11.3 Å². The van der Waals surface area contributed by atoms with Crippen LogP contribution in [0.25, 0.3) is 22.3 Å². The van der Waals surface area contributed by atoms with Crippen molar-refractivity contribution in [2.24, 2.45) is 0 Å². The van der Waals surface area contributed by atoms with Gasteiger partial charge < -0.3 is 4.57 Å². The Morgan fingerprint density at radius 3 is 2.62 bits per heavy atom. The molecule has 4 nitrogen and oxygen atoms in total. The van der Waals surface area contributed by atoms with Gasteiger partial charge in [-0.1, -0.05) is 0 Å². The lowest BCUT2D eigenvalue weighted by atomic mass is 10.1. The number of halogens is 1. The Balaban J connectivity index is 2.03. The minimum absolute atomic E-state index is 0.122. The quantitative estimate of drug-likeness (QED) is 0.725. The van der Waals surface area contributed by atoms with Crippen LogP contribution in [0.2, 0.25) is 0 Å². The van der Waals surface area contributed by atoms with E-state index in [2.05, 4.69) is 9.97 Å². The Hall–Kier alpha value is -2.56. The highest BCUT2D eigenvalue weighted by atomic mass is 19.1. The molecule has 4 rings (SSSR count). The summed E-state index contributed by atoms with van der Waals surface area (Å²) >= 11 is 0. The molecule has 0 saturated heterocycles. The second kappa shape index (κ2) is 4.48. The zero-order valence-corrected chi connectivity index (χ0v) is 11.2. The van der Waals surface area contributed by atoms with E-state index in [-0.39, 0.29) is 17.4 Å². The van der Waals surface area contributed by atoms with Gasteiger partial charge >= 0.3 is 0 Å². The summed E-state index contributed by atoms with van der Waals surface area (Å²) in [6.45, 7) is 0. The Morgan fingerprint density at radius 1 is 1.14 bits per heavy atom. The average Bonchev–Trinajstić information content (AvgIpc) is 3.32. The van der Waals surface area contributed by atoms with Gasteiger partial charge in [-0.25, -0.2) is 9.37 Å². The number of benzene rings is 1. The SMILES string of the molecule is O=c1c(-c2ccc(F)cc2)nc2cnccc2n1C1CC1. The summed E-state index contributed by atoms with van der Waals surface area (Å²) in [5.41, 5.74) is 2.35. The fourth-order valence-electron chi connectivity index (χ4n) is 2.55. The third-order valence-corrected chi connectivity index (χ3v) is 3.72. The van der Waals surface area contributed by atoms with Crippen LogP contribution in [0.3, 0.4) is 0 Å². The summed E-state index contributed by atoms with van der Waals surface area (Å²) < 4.78 is 14.9. The van der Waals surface area contributed by atoms with Crippen LogP contribution in [0.5, 0.6) is 0 Å². The van der Waals surface area contributed by atoms with Crippen molar-refractivity contribution < 1.29 is 4.39 Å². The maximum Gasteiger partial charge on any atom is 0.277 e. The number of fused-ring (bicyclic) bond motifs is 1. The average molecular weight is 281 g/mol. The molecule has 0 unspecified atom stereocenters. The summed E-state index contributed by atoms with van der Waals surface area (Å²) in [7, 11) is 0. The molecule has 0 spiro atoms. The molecular weight excluding hydrogens is 269 g/mol. The van der Waals surface area contributed by atoms with Crippen LogP contribution in [0, 0.1) is 5.82 Å². The van der Waals surface area contributed by atoms with Crippen molar-refractivity contribution in [3.05, 3.63) is 58.9 Å². The monoisotopic (exact) mass is 281 g/mol. The van der Waals surface area contributed by atoms with Gasteiger partial charge in [-0.15, -0.1) is 0 Å². The van der Waals surface area contributed by atoms with E-state index in [4.69, 9.17) is 0 Å². The fourth-order valence-corrected chi connectivity index (χ4v) is 2.55. The maximum absolute atomic E-state index is 13.1. The van der Waals surface area contributed by atoms with E-state index in [1.54, 1.807) is 29.1 Å². The topological polar surface area (TPSA) is 47.8 Å². The Kier molecular flexibility index (Phi) is 2.60. The molecule has 0 bridgehead atoms. The van der Waals surface area contributed by atoms with Crippen molar-refractivity contribution in [1.82, 2.24) is 14.5 Å². The molecule has 1 fully saturated rings. The van der Waals surface area contributed by atoms with Crippen LogP contribution in [0.1, 0.15) is 18.9 Å². The molecule has 2 aromatic heterocycles. The van der Waals surface area contributed by atoms with E-state index < -0.39 is 0 Å². The summed E-state index contributed by atoms with van der Waals surface area (Å²) in [6.07, 6.45) is 5.33. The highest BCUT2D eigenvalue weighted by molar-refractivity contribution is 5.77. The maximum atomic E-state index is 13.1. The first-order valence-electron chi connectivity index (χ1n) is 6.86. The van der Waals surface area contributed by atoms with E-state index >= 15 is 0 Å². The second-order valence-electron chi connectivity index (χ2n) is 5.24. The number of hydrogen-bond acceptors (Lipinski definition) is 3. The van der Waals surface area contributed by atoms with Crippen LogP contribution in [-0.4, -0.2) is 14.5 Å². The number of hydrogen-bond donors (Lipinski definition) is 0. The summed E-state index contributed by atoms with van der Waals surface area (Å²) in [6, 6.07) is 7.90. The van der Waals surface area contributed by atoms with E-state index in [1.807, 2.05) is 6.07 Å². The number of rotatable bonds is 2. The van der Waals surface area contributed by atoms with E-state index in [9.17, 15) is 9.18 Å². The highest BCUT2D eigenvalue weighted by Gasteiger charge is 2.28. The Bertz CT molecular complexity index is 882. The first-order valence-corrected chi connectivity index (χ1v) is 6.86. The molecule has 5 heteroatoms. The molecule has 0 aliphatic heterocycles. The molecule has 1 aliphatic rings. The summed E-state index contributed by atoms with van der Waals surface area (Å²) in [4.78, 5) is 21.2. The molecule has 1 aromatic carbocycles. The predicted octanol–water partition coefficient (Wildman–Crippen LogP) is 2.93. The summed E-state index contributed by atoms with van der Waals surface area (Å²) in [5, 5.41) is 0. The number of pyridine rings is 1. The van der Waals surface area contributed by atoms with Gasteiger partial charge in [-0.2, -0.15) is 0 Å². The van der Waals surface area contributed by atoms with E-state index in [0.29, 0.717) is 16.8 Å². The zero-order valence-electron chi connectivity index (χ0n) is 11.2. The first kappa shape index (κ1) is 12.2. The van der Waals surface area contributed by atoms with E-state index in [0.717, 1.165) is 18.4 Å². The van der Waals surface area contributed by atoms with Crippen molar-refractivity contribution in [2.45, 2.75) is 18.9 Å². The molecule has 0 radical (unpaired) electrons. The molecule has 0 N–H and O–H groups in total. The molecule has 0 amide bonds. The van der Waals surface area contributed by atoms with Crippen molar-refractivity contribution in [1.29, 1.82) is 0 Å². The second-order valence-corrected chi connectivity index (χ2v) is 5.24. The van der Waals surface area contributed by atoms with Crippen LogP contribution >= 0.6 is 0 Å². The van der Waals surface area contributed by atoms with Gasteiger partial charge in [0.2, 0.25) is 0 Å². The van der Waals surface area contributed by atoms with E-state index in [1.165, 1.54) is 12.1 Å². The molecule has 0 atom stereocenters. The van der Waals surface area contributed by atoms with Gasteiger partial charge in [0.25, 0.3) is 5.56 Å². The lowest BCUT2D eigenvalue weighted by Gasteiger charge is -2.11. The standard InChI is InChI=1S/C16H12FN3O/c17-11-3-1-10(2-4-11)15-16(21)20(12-5-6-12)14-7-8-18-9-13(14)19-15/h1-4,7-9,12H,5-6H2. The predicted molar refractivity (Wildman–Crippen MR) is 77.5 cm³/mol. The Labute approximate surface area is 119 Å². The smallest absolute Gasteiger partial charge is 0.277 e. The number of nitrogens with zero attached hydrogens (tertiary/aromatic N) is 3. The normalized spacial score (nSPS) is 14.5. The van der Waals surface area contributed by atoms with Crippen molar-refractivity contribution in [3.63, 3.8) is 0 Å². The largest absolute Gasteiger partial charge is 0.302 e. The van der Waals surface area contributed by atoms with Gasteiger partial charge in [-0.05, 0) is 43.2 Å². The van der Waals surface area contributed by atoms with Crippen LogP contribution < -0.4 is 5.56 Å². The highest BCUT2D eigenvalue weighted by Crippen LogP contribution is 2.36. The third kappa shape index (κ3) is 2.01. The fraction of sp³-hybridized carbons (Fsp3) is 0.188. The van der Waals surface area contributed by atoms with Crippen LogP contribution in [0.15, 0.2) is 47.5 Å². The lowest BCUT2D eigenvalue weighted by molar-refractivity contribution is 0.628. The molecule has 2 heterocycles. The van der Waals surface area contributed by atoms with Crippen LogP contribution in [0.4, 0.5) is 4.39 Å². The van der Waals surface area contributed by atoms with Crippen LogP contribution in [-0.2, 0) is 0 Å². The molecule has 1 saturated carbocycles. The van der Waals surface area contributed by atoms with Gasteiger partial charge in [0.1, 0.15) is 17.0 Å². The molecular formula is C16H12FN3O. The van der Waals surface area contributed by atoms with Gasteiger partial charge in [0.05, 0.1) is 11.7 Å². The third-order valence-electron chi connectivity index (χ3n) is 3.72. The first-order chi connectivity index (χ1) is 10.2. The Morgan fingerprint density at radius 2 is 1.90 bits per heavy atom. The minimum Gasteiger partial charge on any atom is -0.302 e. The van der Waals surface area contributed by atoms with Crippen molar-refractivity contribution >= 4 is 11.0 Å².